The minimum atomic E-state index is -0.706. The highest BCUT2D eigenvalue weighted by atomic mass is 16.4. The second-order valence-electron chi connectivity index (χ2n) is 7.33. The van der Waals surface area contributed by atoms with E-state index in [2.05, 4.69) is 35.2 Å². The summed E-state index contributed by atoms with van der Waals surface area (Å²) in [6.45, 7) is 6.25. The van der Waals surface area contributed by atoms with Gasteiger partial charge in [-0.25, -0.2) is 0 Å². The van der Waals surface area contributed by atoms with E-state index in [0.717, 1.165) is 31.8 Å². The molecule has 1 aromatic heterocycles. The highest BCUT2D eigenvalue weighted by Gasteiger charge is 2.36. The van der Waals surface area contributed by atoms with E-state index < -0.39 is 5.97 Å². The van der Waals surface area contributed by atoms with E-state index in [0.29, 0.717) is 18.1 Å². The van der Waals surface area contributed by atoms with E-state index in [4.69, 9.17) is 5.11 Å². The van der Waals surface area contributed by atoms with Crippen LogP contribution in [0.15, 0.2) is 12.3 Å². The van der Waals surface area contributed by atoms with Crippen LogP contribution in [0.5, 0.6) is 0 Å². The fourth-order valence-corrected chi connectivity index (χ4v) is 3.40. The summed E-state index contributed by atoms with van der Waals surface area (Å²) < 4.78 is 2.05. The van der Waals surface area contributed by atoms with Gasteiger partial charge < -0.3 is 10.4 Å². The number of aliphatic carboxylic acids is 1. The average Bonchev–Trinajstić information content (AvgIpc) is 3.11. The van der Waals surface area contributed by atoms with E-state index >= 15 is 0 Å². The molecule has 2 aliphatic carbocycles. The lowest BCUT2D eigenvalue weighted by atomic mass is 9.85. The van der Waals surface area contributed by atoms with E-state index in [1.807, 2.05) is 10.9 Å². The molecule has 128 valence electrons. The van der Waals surface area contributed by atoms with Crippen molar-refractivity contribution in [2.45, 2.75) is 64.2 Å². The van der Waals surface area contributed by atoms with Gasteiger partial charge in [-0.2, -0.15) is 5.10 Å². The lowest BCUT2D eigenvalue weighted by Crippen LogP contribution is -2.54. The summed E-state index contributed by atoms with van der Waals surface area (Å²) in [5, 5.41) is 17.0. The van der Waals surface area contributed by atoms with Gasteiger partial charge in [-0.15, -0.1) is 0 Å². The monoisotopic (exact) mass is 320 g/mol. The SMILES string of the molecule is CC(C)n1nccc1CNC1CC(N(CC(=O)O)CC2CC2)C1. The molecule has 3 rings (SSSR count). The van der Waals surface area contributed by atoms with Crippen LogP contribution < -0.4 is 5.32 Å². The molecule has 0 atom stereocenters. The lowest BCUT2D eigenvalue weighted by Gasteiger charge is -2.43. The Kier molecular flexibility index (Phi) is 5.02. The van der Waals surface area contributed by atoms with E-state index in [1.165, 1.54) is 18.5 Å². The molecule has 0 aliphatic heterocycles. The van der Waals surface area contributed by atoms with Crippen molar-refractivity contribution in [3.05, 3.63) is 18.0 Å². The summed E-state index contributed by atoms with van der Waals surface area (Å²) in [4.78, 5) is 13.2. The Morgan fingerprint density at radius 2 is 2.22 bits per heavy atom. The summed E-state index contributed by atoms with van der Waals surface area (Å²) in [5.74, 6) is 0.0321. The molecule has 0 spiro atoms. The molecule has 0 amide bonds. The third-order valence-corrected chi connectivity index (χ3v) is 4.97. The van der Waals surface area contributed by atoms with Crippen molar-refractivity contribution in [3.63, 3.8) is 0 Å². The molecular formula is C17H28N4O2. The van der Waals surface area contributed by atoms with Gasteiger partial charge in [-0.3, -0.25) is 14.4 Å². The van der Waals surface area contributed by atoms with E-state index in [-0.39, 0.29) is 6.54 Å². The molecule has 6 nitrogen and oxygen atoms in total. The fraction of sp³-hybridized carbons (Fsp3) is 0.765. The van der Waals surface area contributed by atoms with Crippen LogP contribution in [-0.4, -0.2) is 50.9 Å². The predicted molar refractivity (Wildman–Crippen MR) is 88.2 cm³/mol. The van der Waals surface area contributed by atoms with E-state index in [9.17, 15) is 4.79 Å². The van der Waals surface area contributed by atoms with Crippen LogP contribution >= 0.6 is 0 Å². The molecule has 23 heavy (non-hydrogen) atoms. The largest absolute Gasteiger partial charge is 0.480 e. The van der Waals surface area contributed by atoms with Crippen molar-refractivity contribution in [2.75, 3.05) is 13.1 Å². The van der Waals surface area contributed by atoms with Crippen LogP contribution in [0.2, 0.25) is 0 Å². The maximum absolute atomic E-state index is 11.1. The topological polar surface area (TPSA) is 70.4 Å². The maximum Gasteiger partial charge on any atom is 0.317 e. The smallest absolute Gasteiger partial charge is 0.317 e. The van der Waals surface area contributed by atoms with Crippen LogP contribution in [0.25, 0.3) is 0 Å². The van der Waals surface area contributed by atoms with E-state index in [1.54, 1.807) is 0 Å². The van der Waals surface area contributed by atoms with Crippen molar-refractivity contribution in [3.8, 4) is 0 Å². The number of nitrogens with one attached hydrogen (secondary N) is 1. The number of carbonyl (C=O) groups is 1. The second kappa shape index (κ2) is 7.01. The zero-order valence-electron chi connectivity index (χ0n) is 14.1. The standard InChI is InChI=1S/C17H28N4O2/c1-12(2)21-15(5-6-19-21)9-18-14-7-16(8-14)20(11-17(22)23)10-13-3-4-13/h5-6,12-14,16,18H,3-4,7-11H2,1-2H3,(H,22,23). The van der Waals surface area contributed by atoms with Gasteiger partial charge in [-0.05, 0) is 51.5 Å². The molecule has 0 saturated heterocycles. The van der Waals surface area contributed by atoms with Crippen molar-refractivity contribution >= 4 is 5.97 Å². The first kappa shape index (κ1) is 16.5. The Bertz CT molecular complexity index is 532. The Morgan fingerprint density at radius 1 is 1.48 bits per heavy atom. The Balaban J connectivity index is 1.44. The summed E-state index contributed by atoms with van der Waals surface area (Å²) in [6.07, 6.45) is 6.49. The lowest BCUT2D eigenvalue weighted by molar-refractivity contribution is -0.139. The molecule has 0 radical (unpaired) electrons. The van der Waals surface area contributed by atoms with Crippen LogP contribution in [0.3, 0.4) is 0 Å². The van der Waals surface area contributed by atoms with Gasteiger partial charge in [0, 0.05) is 37.4 Å². The highest BCUT2D eigenvalue weighted by molar-refractivity contribution is 5.69. The molecule has 1 aromatic rings. The molecule has 6 heteroatoms. The predicted octanol–water partition coefficient (Wildman–Crippen LogP) is 1.88. The summed E-state index contributed by atoms with van der Waals surface area (Å²) in [6, 6.07) is 3.36. The number of aromatic nitrogens is 2. The summed E-state index contributed by atoms with van der Waals surface area (Å²) >= 11 is 0. The molecule has 0 bridgehead atoms. The molecule has 0 unspecified atom stereocenters. The van der Waals surface area contributed by atoms with Gasteiger partial charge in [0.25, 0.3) is 0 Å². The van der Waals surface area contributed by atoms with Gasteiger partial charge in [0.05, 0.1) is 12.2 Å². The van der Waals surface area contributed by atoms with Crippen LogP contribution in [0.1, 0.15) is 51.3 Å². The molecule has 2 saturated carbocycles. The van der Waals surface area contributed by atoms with Crippen molar-refractivity contribution in [2.24, 2.45) is 5.92 Å². The van der Waals surface area contributed by atoms with Gasteiger partial charge in [0.15, 0.2) is 0 Å². The van der Waals surface area contributed by atoms with Gasteiger partial charge >= 0.3 is 5.97 Å². The Morgan fingerprint density at radius 3 is 2.83 bits per heavy atom. The van der Waals surface area contributed by atoms with Crippen molar-refractivity contribution in [1.29, 1.82) is 0 Å². The normalized spacial score (nSPS) is 24.2. The maximum atomic E-state index is 11.1. The molecule has 1 heterocycles. The molecule has 2 N–H and O–H groups in total. The van der Waals surface area contributed by atoms with Gasteiger partial charge in [0.2, 0.25) is 0 Å². The minimum absolute atomic E-state index is 0.188. The number of rotatable bonds is 9. The first-order chi connectivity index (χ1) is 11.0. The molecule has 0 aromatic carbocycles. The zero-order valence-corrected chi connectivity index (χ0v) is 14.1. The zero-order chi connectivity index (χ0) is 16.4. The van der Waals surface area contributed by atoms with Crippen LogP contribution in [-0.2, 0) is 11.3 Å². The Hall–Kier alpha value is -1.40. The van der Waals surface area contributed by atoms with Gasteiger partial charge in [0.1, 0.15) is 0 Å². The molecule has 2 aliphatic rings. The van der Waals surface area contributed by atoms with Crippen molar-refractivity contribution in [1.82, 2.24) is 20.0 Å². The Labute approximate surface area is 137 Å². The first-order valence-electron chi connectivity index (χ1n) is 8.74. The minimum Gasteiger partial charge on any atom is -0.480 e. The number of carboxylic acid groups (broad SMARTS) is 1. The number of hydrogen-bond donors (Lipinski definition) is 2. The van der Waals surface area contributed by atoms with Crippen LogP contribution in [0.4, 0.5) is 0 Å². The summed E-state index contributed by atoms with van der Waals surface area (Å²) in [5.41, 5.74) is 1.21. The number of hydrogen-bond acceptors (Lipinski definition) is 4. The quantitative estimate of drug-likeness (QED) is 0.727. The number of carboxylic acids is 1. The fourth-order valence-electron chi connectivity index (χ4n) is 3.40. The molecular weight excluding hydrogens is 292 g/mol. The third kappa shape index (κ3) is 4.32. The highest BCUT2D eigenvalue weighted by Crippen LogP contribution is 2.33. The molecule has 2 fully saturated rings. The first-order valence-corrected chi connectivity index (χ1v) is 8.74. The average molecular weight is 320 g/mol. The summed E-state index contributed by atoms with van der Waals surface area (Å²) in [7, 11) is 0. The second-order valence-corrected chi connectivity index (χ2v) is 7.33. The number of nitrogens with zero attached hydrogens (tertiary/aromatic N) is 3. The van der Waals surface area contributed by atoms with Crippen LogP contribution in [0, 0.1) is 5.92 Å². The van der Waals surface area contributed by atoms with Gasteiger partial charge in [-0.1, -0.05) is 0 Å². The third-order valence-electron chi connectivity index (χ3n) is 4.97. The van der Waals surface area contributed by atoms with Crippen molar-refractivity contribution < 1.29 is 9.90 Å².